The number of rotatable bonds is 5. The van der Waals surface area contributed by atoms with E-state index in [2.05, 4.69) is 5.32 Å². The Morgan fingerprint density at radius 3 is 2.40 bits per heavy atom. The van der Waals surface area contributed by atoms with Gasteiger partial charge >= 0.3 is 0 Å². The van der Waals surface area contributed by atoms with Gasteiger partial charge in [0.2, 0.25) is 11.0 Å². The molecule has 0 aliphatic carbocycles. The quantitative estimate of drug-likeness (QED) is 0.599. The van der Waals surface area contributed by atoms with E-state index < -0.39 is 22.6 Å². The van der Waals surface area contributed by atoms with Crippen LogP contribution < -0.4 is 5.32 Å². The van der Waals surface area contributed by atoms with E-state index in [1.54, 1.807) is 13.8 Å². The maximum Gasteiger partial charge on any atom is 0.220 e. The van der Waals surface area contributed by atoms with Crippen LogP contribution in [0.4, 0.5) is 0 Å². The molecule has 0 aromatic heterocycles. The zero-order chi connectivity index (χ0) is 12.1. The van der Waals surface area contributed by atoms with Gasteiger partial charge in [0.1, 0.15) is 6.10 Å². The first kappa shape index (κ1) is 14.4. The Kier molecular flexibility index (Phi) is 5.85. The molecule has 0 aromatic rings. The molecule has 0 radical (unpaired) electrons. The summed E-state index contributed by atoms with van der Waals surface area (Å²) < 4.78 is -0.501. The number of nitrogens with one attached hydrogen (secondary N) is 1. The van der Waals surface area contributed by atoms with Crippen molar-refractivity contribution in [1.29, 1.82) is 0 Å². The highest BCUT2D eigenvalue weighted by Gasteiger charge is 2.26. The molecule has 15 heavy (non-hydrogen) atoms. The predicted molar refractivity (Wildman–Crippen MR) is 58.5 cm³/mol. The number of thioether (sulfide) groups is 1. The molecule has 1 amide bonds. The van der Waals surface area contributed by atoms with Gasteiger partial charge < -0.3 is 15.5 Å². The van der Waals surface area contributed by atoms with Gasteiger partial charge in [-0.15, -0.1) is 0 Å². The number of hydrogen-bond donors (Lipinski definition) is 3. The molecule has 0 aromatic carbocycles. The molecule has 0 aliphatic rings. The Balaban J connectivity index is 4.12. The SMILES string of the molecule is CC(=O)NCC(C)(C)SC(=O)C(O)CO. The van der Waals surface area contributed by atoms with Crippen LogP contribution in [0.2, 0.25) is 0 Å². The second-order valence-corrected chi connectivity index (χ2v) is 5.50. The summed E-state index contributed by atoms with van der Waals surface area (Å²) in [6.45, 7) is 4.69. The van der Waals surface area contributed by atoms with Crippen LogP contribution in [0.5, 0.6) is 0 Å². The van der Waals surface area contributed by atoms with Gasteiger partial charge in [0.15, 0.2) is 0 Å². The molecule has 1 unspecified atom stereocenters. The van der Waals surface area contributed by atoms with Gasteiger partial charge in [0, 0.05) is 18.2 Å². The number of hydrogen-bond acceptors (Lipinski definition) is 5. The molecule has 0 bridgehead atoms. The molecule has 0 fully saturated rings. The summed E-state index contributed by atoms with van der Waals surface area (Å²) in [6, 6.07) is 0. The summed E-state index contributed by atoms with van der Waals surface area (Å²) in [5, 5.41) is 19.7. The van der Waals surface area contributed by atoms with Crippen molar-refractivity contribution in [3.8, 4) is 0 Å². The highest BCUT2D eigenvalue weighted by atomic mass is 32.2. The summed E-state index contributed by atoms with van der Waals surface area (Å²) >= 11 is 0.913. The zero-order valence-electron chi connectivity index (χ0n) is 9.11. The summed E-state index contributed by atoms with van der Waals surface area (Å²) in [4.78, 5) is 21.9. The Morgan fingerprint density at radius 2 is 2.00 bits per heavy atom. The van der Waals surface area contributed by atoms with E-state index in [0.29, 0.717) is 6.54 Å². The molecule has 5 nitrogen and oxygen atoms in total. The van der Waals surface area contributed by atoms with E-state index in [4.69, 9.17) is 10.2 Å². The van der Waals surface area contributed by atoms with Crippen molar-refractivity contribution >= 4 is 22.8 Å². The molecule has 6 heteroatoms. The van der Waals surface area contributed by atoms with Crippen LogP contribution in [-0.4, -0.2) is 45.2 Å². The average Bonchev–Trinajstić information content (AvgIpc) is 2.13. The van der Waals surface area contributed by atoms with Gasteiger partial charge in [0.25, 0.3) is 0 Å². The smallest absolute Gasteiger partial charge is 0.220 e. The van der Waals surface area contributed by atoms with E-state index in [1.165, 1.54) is 6.92 Å². The van der Waals surface area contributed by atoms with Gasteiger partial charge in [-0.1, -0.05) is 11.8 Å². The lowest BCUT2D eigenvalue weighted by Crippen LogP contribution is -2.37. The molecular formula is C9H17NO4S. The minimum absolute atomic E-state index is 0.168. The van der Waals surface area contributed by atoms with Crippen molar-refractivity contribution < 1.29 is 19.8 Å². The number of carbonyl (C=O) groups excluding carboxylic acids is 2. The molecule has 0 spiro atoms. The highest BCUT2D eigenvalue weighted by molar-refractivity contribution is 8.14. The van der Waals surface area contributed by atoms with Gasteiger partial charge in [0.05, 0.1) is 6.61 Å². The molecule has 0 saturated heterocycles. The van der Waals surface area contributed by atoms with E-state index in [9.17, 15) is 9.59 Å². The molecule has 0 rings (SSSR count). The van der Waals surface area contributed by atoms with Crippen molar-refractivity contribution in [2.75, 3.05) is 13.2 Å². The number of aliphatic hydroxyl groups is 2. The van der Waals surface area contributed by atoms with E-state index in [-0.39, 0.29) is 5.91 Å². The Labute approximate surface area is 93.2 Å². The zero-order valence-corrected chi connectivity index (χ0v) is 9.93. The minimum Gasteiger partial charge on any atom is -0.393 e. The summed E-state index contributed by atoms with van der Waals surface area (Å²) in [5.41, 5.74) is 0. The fourth-order valence-electron chi connectivity index (χ4n) is 0.788. The standard InChI is InChI=1S/C9H17NO4S/c1-6(12)10-5-9(2,3)15-8(14)7(13)4-11/h7,11,13H,4-5H2,1-3H3,(H,10,12). The van der Waals surface area contributed by atoms with Crippen molar-refractivity contribution in [1.82, 2.24) is 5.32 Å². The molecule has 0 aliphatic heterocycles. The molecule has 1 atom stereocenters. The number of carbonyl (C=O) groups is 2. The highest BCUT2D eigenvalue weighted by Crippen LogP contribution is 2.25. The monoisotopic (exact) mass is 235 g/mol. The minimum atomic E-state index is -1.35. The summed E-state index contributed by atoms with van der Waals surface area (Å²) in [6.07, 6.45) is -1.35. The second kappa shape index (κ2) is 6.09. The average molecular weight is 235 g/mol. The van der Waals surface area contributed by atoms with Crippen LogP contribution in [0.3, 0.4) is 0 Å². The number of aliphatic hydroxyl groups excluding tert-OH is 2. The van der Waals surface area contributed by atoms with Gasteiger partial charge in [-0.25, -0.2) is 0 Å². The van der Waals surface area contributed by atoms with Crippen molar-refractivity contribution in [3.63, 3.8) is 0 Å². The van der Waals surface area contributed by atoms with E-state index in [1.807, 2.05) is 0 Å². The molecular weight excluding hydrogens is 218 g/mol. The lowest BCUT2D eigenvalue weighted by atomic mass is 10.2. The van der Waals surface area contributed by atoms with Crippen LogP contribution in [0.1, 0.15) is 20.8 Å². The normalized spacial score (nSPS) is 13.4. The summed E-state index contributed by atoms with van der Waals surface area (Å²) in [7, 11) is 0. The largest absolute Gasteiger partial charge is 0.393 e. The second-order valence-electron chi connectivity index (χ2n) is 3.79. The maximum atomic E-state index is 11.3. The van der Waals surface area contributed by atoms with Gasteiger partial charge in [-0.2, -0.15) is 0 Å². The van der Waals surface area contributed by atoms with Crippen LogP contribution >= 0.6 is 11.8 Å². The fraction of sp³-hybridized carbons (Fsp3) is 0.778. The first-order chi connectivity index (χ1) is 6.78. The number of amides is 1. The lowest BCUT2D eigenvalue weighted by Gasteiger charge is -2.23. The van der Waals surface area contributed by atoms with E-state index >= 15 is 0 Å². The predicted octanol–water partition coefficient (Wildman–Crippen LogP) is -0.486. The van der Waals surface area contributed by atoms with Crippen molar-refractivity contribution in [2.45, 2.75) is 31.6 Å². The Bertz CT molecular complexity index is 242. The van der Waals surface area contributed by atoms with Gasteiger partial charge in [-0.3, -0.25) is 9.59 Å². The van der Waals surface area contributed by atoms with Crippen molar-refractivity contribution in [3.05, 3.63) is 0 Å². The third kappa shape index (κ3) is 6.48. The topological polar surface area (TPSA) is 86.6 Å². The van der Waals surface area contributed by atoms with Gasteiger partial charge in [-0.05, 0) is 13.8 Å². The molecule has 0 saturated carbocycles. The maximum absolute atomic E-state index is 11.3. The first-order valence-electron chi connectivity index (χ1n) is 4.54. The molecule has 3 N–H and O–H groups in total. The Morgan fingerprint density at radius 1 is 1.47 bits per heavy atom. The van der Waals surface area contributed by atoms with Crippen LogP contribution in [-0.2, 0) is 9.59 Å². The Hall–Kier alpha value is -0.590. The first-order valence-corrected chi connectivity index (χ1v) is 5.36. The third-order valence-electron chi connectivity index (χ3n) is 1.58. The fourth-order valence-corrected chi connectivity index (χ4v) is 1.69. The molecule has 0 heterocycles. The van der Waals surface area contributed by atoms with Crippen LogP contribution in [0.25, 0.3) is 0 Å². The summed E-state index contributed by atoms with van der Waals surface area (Å²) in [5.74, 6) is -0.168. The lowest BCUT2D eigenvalue weighted by molar-refractivity contribution is -0.120. The van der Waals surface area contributed by atoms with Crippen LogP contribution in [0, 0.1) is 0 Å². The third-order valence-corrected chi connectivity index (χ3v) is 2.76. The van der Waals surface area contributed by atoms with E-state index in [0.717, 1.165) is 11.8 Å². The molecule has 88 valence electrons. The van der Waals surface area contributed by atoms with Crippen LogP contribution in [0.15, 0.2) is 0 Å². The van der Waals surface area contributed by atoms with Crippen molar-refractivity contribution in [2.24, 2.45) is 0 Å².